The van der Waals surface area contributed by atoms with Gasteiger partial charge in [0.15, 0.2) is 0 Å². The third kappa shape index (κ3) is 29.0. The number of thioether (sulfide) groups is 1. The van der Waals surface area contributed by atoms with Gasteiger partial charge in [0, 0.05) is 74.6 Å². The summed E-state index contributed by atoms with van der Waals surface area (Å²) >= 11 is 1.44. The molecule has 1 aliphatic rings. The number of rotatable bonds is 26. The molecule has 11 amide bonds. The van der Waals surface area contributed by atoms with Gasteiger partial charge in [-0.3, -0.25) is 52.7 Å². The van der Waals surface area contributed by atoms with Crippen LogP contribution in [0.4, 0.5) is 0 Å². The Balaban J connectivity index is 4.58. The monoisotopic (exact) mass is 1450 g/mol. The van der Waals surface area contributed by atoms with Crippen LogP contribution in [0.25, 0.3) is 0 Å². The molecule has 0 aliphatic carbocycles. The maximum absolute atomic E-state index is 15.6. The first-order valence-electron chi connectivity index (χ1n) is 37.0. The first-order valence-corrected chi connectivity index (χ1v) is 38.2. The molecule has 1 saturated heterocycles. The van der Waals surface area contributed by atoms with E-state index >= 15 is 33.6 Å². The van der Waals surface area contributed by atoms with Crippen LogP contribution in [-0.4, -0.2) is 273 Å². The number of likely N-dealkylation sites (N-methyl/N-ethyl adjacent to an activating group) is 7. The Kier molecular flexibility index (Phi) is 40.0. The van der Waals surface area contributed by atoms with Crippen molar-refractivity contribution in [3.63, 3.8) is 0 Å². The molecule has 0 unspecified atom stereocenters. The predicted octanol–water partition coefficient (Wildman–Crippen LogP) is 5.88. The molecular formula is C75H138N12O13S. The maximum Gasteiger partial charge on any atom is 0.246 e. The van der Waals surface area contributed by atoms with Crippen LogP contribution < -0.4 is 21.3 Å². The molecule has 0 aromatic carbocycles. The molecule has 0 radical (unpaired) electrons. The van der Waals surface area contributed by atoms with Crippen LogP contribution in [0.1, 0.15) is 197 Å². The number of hydrogen-bond acceptors (Lipinski definition) is 15. The number of unbranched alkanes of at least 4 members (excludes halogenated alkanes) is 1. The minimum absolute atomic E-state index is 0.0243. The maximum atomic E-state index is 15.6. The summed E-state index contributed by atoms with van der Waals surface area (Å²) in [6, 6.07) is -14.4. The lowest BCUT2D eigenvalue weighted by atomic mass is 9.91. The summed E-state index contributed by atoms with van der Waals surface area (Å²) in [5.41, 5.74) is -1.59. The van der Waals surface area contributed by atoms with Crippen LogP contribution >= 0.6 is 11.8 Å². The third-order valence-electron chi connectivity index (χ3n) is 18.9. The Morgan fingerprint density at radius 1 is 0.485 bits per heavy atom. The van der Waals surface area contributed by atoms with Crippen LogP contribution in [0.5, 0.6) is 0 Å². The zero-order chi connectivity index (χ0) is 78.2. The number of nitrogens with zero attached hydrogens (tertiary/aromatic N) is 8. The molecule has 13 atom stereocenters. The minimum Gasteiger partial charge on any atom is -0.390 e. The van der Waals surface area contributed by atoms with Crippen molar-refractivity contribution in [1.29, 1.82) is 0 Å². The second kappa shape index (κ2) is 43.4. The van der Waals surface area contributed by atoms with Gasteiger partial charge in [0.2, 0.25) is 65.0 Å². The summed E-state index contributed by atoms with van der Waals surface area (Å²) < 4.78 is 0. The Morgan fingerprint density at radius 2 is 0.921 bits per heavy atom. The Morgan fingerprint density at radius 3 is 1.39 bits per heavy atom. The molecule has 0 aromatic rings. The average molecular weight is 1450 g/mol. The summed E-state index contributed by atoms with van der Waals surface area (Å²) in [6.45, 7) is 40.6. The fraction of sp³-hybridized carbons (Fsp3) is 0.827. The second-order valence-corrected chi connectivity index (χ2v) is 33.2. The number of aliphatic hydroxyl groups is 2. The van der Waals surface area contributed by atoms with Gasteiger partial charge >= 0.3 is 0 Å². The van der Waals surface area contributed by atoms with Crippen molar-refractivity contribution >= 4 is 76.7 Å². The Labute approximate surface area is 612 Å². The van der Waals surface area contributed by atoms with Crippen molar-refractivity contribution in [3.05, 3.63) is 12.2 Å². The predicted molar refractivity (Wildman–Crippen MR) is 402 cm³/mol. The van der Waals surface area contributed by atoms with Crippen molar-refractivity contribution < 1.29 is 63.0 Å². The Bertz CT molecular complexity index is 2710. The van der Waals surface area contributed by atoms with Crippen molar-refractivity contribution in [2.45, 2.75) is 275 Å². The number of carbonyl (C=O) groups is 11. The summed E-state index contributed by atoms with van der Waals surface area (Å²) in [6.07, 6.45) is 4.01. The van der Waals surface area contributed by atoms with E-state index in [1.165, 1.54) is 118 Å². The smallest absolute Gasteiger partial charge is 0.246 e. The van der Waals surface area contributed by atoms with Crippen LogP contribution in [0.3, 0.4) is 0 Å². The van der Waals surface area contributed by atoms with Gasteiger partial charge in [0.1, 0.15) is 66.5 Å². The van der Waals surface area contributed by atoms with E-state index in [0.29, 0.717) is 17.6 Å². The highest BCUT2D eigenvalue weighted by molar-refractivity contribution is 7.99. The molecule has 1 heterocycles. The van der Waals surface area contributed by atoms with E-state index in [-0.39, 0.29) is 62.0 Å². The first kappa shape index (κ1) is 93.2. The van der Waals surface area contributed by atoms with Gasteiger partial charge in [-0.15, -0.1) is 0 Å². The number of aliphatic hydroxyl groups excluding tert-OH is 1. The highest BCUT2D eigenvalue weighted by Gasteiger charge is 2.47. The molecule has 1 aliphatic heterocycles. The quantitative estimate of drug-likeness (QED) is 0.0435. The topological polar surface area (TPSA) is 302 Å². The molecular weight excluding hydrogens is 1310 g/mol. The highest BCUT2D eigenvalue weighted by Crippen LogP contribution is 2.27. The van der Waals surface area contributed by atoms with Crippen molar-refractivity contribution in [1.82, 2.24) is 60.5 Å². The lowest BCUT2D eigenvalue weighted by molar-refractivity contribution is -0.157. The normalized spacial score (nSPS) is 25.6. The second-order valence-electron chi connectivity index (χ2n) is 32.0. The molecule has 1 rings (SSSR count). The molecule has 101 heavy (non-hydrogen) atoms. The van der Waals surface area contributed by atoms with Gasteiger partial charge in [-0.2, -0.15) is 11.8 Å². The average Bonchev–Trinajstić information content (AvgIpc) is 0.805. The lowest BCUT2D eigenvalue weighted by Crippen LogP contribution is -2.64. The van der Waals surface area contributed by atoms with E-state index < -0.39 is 161 Å². The van der Waals surface area contributed by atoms with Gasteiger partial charge in [-0.05, 0) is 139 Å². The zero-order valence-corrected chi connectivity index (χ0v) is 68.1. The van der Waals surface area contributed by atoms with E-state index in [9.17, 15) is 29.4 Å². The number of carbonyl (C=O) groups excluding carboxylic acids is 11. The number of allylic oxidation sites excluding steroid dienone is 2. The van der Waals surface area contributed by atoms with Gasteiger partial charge in [-0.25, -0.2) is 0 Å². The molecule has 25 nitrogen and oxygen atoms in total. The summed E-state index contributed by atoms with van der Waals surface area (Å²) in [7, 11) is 9.95. The SMILES string of the molecule is C/C=C/C[C@@H](C)[C@@H](O)[C@H]1C(=O)N[C@@H](CC)C(=O)N(C)[C@H](CSCCCCN(CC(C)C)CC(C)C)C(=O)N(C)[C@@H](CC(C)(C)O)C(=O)N[C@@H](C(C)C)C(=O)N(C)[C@@H](CC(C)C)C(=O)N[C@@H](C)C(=O)N[C@H](C)C(=O)N(C)[C@@H](CC(C)C)C(=O)N(C)[C@@H](CC(C)C)C(=O)N(C)[C@@H](C(C)C)C(=O)N1C. The largest absolute Gasteiger partial charge is 0.390 e. The standard InChI is InChI=1S/C75H138N12O13S/c1-29-31-34-51(17)63(88)62-67(92)78-54(30-2)69(94)84(26)59(43-101-36-33-32-35-87(41-47(9)10)42-48(11)12)72(97)83(25)58(40-75(20,21)100)66(91)79-60(49(13)14)73(98)80(22)55(37-44(3)4)65(90)76-52(18)64(89)77-53(19)68(93)81(23)56(38-45(5)6)70(95)82(24)57(39-46(7)8)71(96)85(27)61(50(15)16)74(99)86(62)28/h29,31,44-63,88,100H,30,32-43H2,1-28H3,(H,76,90)(H,77,89)(H,78,92)(H,79,91)/b31-29+/t51-,52+,53-,54+,55+,56+,57+,58+,59-,60+,61+,62+,63-/m1/s1. The van der Waals surface area contributed by atoms with Crippen LogP contribution in [0.2, 0.25) is 0 Å². The molecule has 0 spiro atoms. The zero-order valence-electron chi connectivity index (χ0n) is 67.3. The summed E-state index contributed by atoms with van der Waals surface area (Å²) in [5.74, 6) is -8.67. The van der Waals surface area contributed by atoms with Crippen LogP contribution in [-0.2, 0) is 52.7 Å². The van der Waals surface area contributed by atoms with E-state index in [1.807, 2.05) is 47.6 Å². The van der Waals surface area contributed by atoms with Gasteiger partial charge in [0.25, 0.3) is 0 Å². The van der Waals surface area contributed by atoms with E-state index in [4.69, 9.17) is 0 Å². The van der Waals surface area contributed by atoms with E-state index in [0.717, 1.165) is 37.4 Å². The molecule has 6 N–H and O–H groups in total. The number of nitrogens with one attached hydrogen (secondary N) is 4. The van der Waals surface area contributed by atoms with E-state index in [1.54, 1.807) is 54.5 Å². The lowest BCUT2D eigenvalue weighted by Gasteiger charge is -2.41. The van der Waals surface area contributed by atoms with Gasteiger partial charge in [0.05, 0.1) is 11.7 Å². The summed E-state index contributed by atoms with van der Waals surface area (Å²) in [5, 5.41) is 35.0. The van der Waals surface area contributed by atoms with Crippen LogP contribution in [0.15, 0.2) is 12.2 Å². The number of hydrogen-bond donors (Lipinski definition) is 6. The van der Waals surface area contributed by atoms with Crippen molar-refractivity contribution in [2.75, 3.05) is 80.5 Å². The fourth-order valence-electron chi connectivity index (χ4n) is 13.0. The molecule has 26 heteroatoms. The van der Waals surface area contributed by atoms with Crippen molar-refractivity contribution in [3.8, 4) is 0 Å². The third-order valence-corrected chi connectivity index (χ3v) is 20.0. The molecule has 0 saturated carbocycles. The Hall–Kier alpha value is -5.86. The van der Waals surface area contributed by atoms with Crippen molar-refractivity contribution in [2.24, 2.45) is 47.3 Å². The molecule has 0 aromatic heterocycles. The molecule has 582 valence electrons. The number of amides is 11. The van der Waals surface area contributed by atoms with E-state index in [2.05, 4.69) is 53.9 Å². The van der Waals surface area contributed by atoms with Gasteiger partial charge in [-0.1, -0.05) is 123 Å². The first-order chi connectivity index (χ1) is 46.6. The minimum atomic E-state index is -1.66. The molecule has 1 fully saturated rings. The molecule has 0 bridgehead atoms. The highest BCUT2D eigenvalue weighted by atomic mass is 32.2. The van der Waals surface area contributed by atoms with Gasteiger partial charge < -0.3 is 70.7 Å². The summed E-state index contributed by atoms with van der Waals surface area (Å²) in [4.78, 5) is 176. The fourth-order valence-corrected chi connectivity index (χ4v) is 14.2. The van der Waals surface area contributed by atoms with Crippen LogP contribution in [0, 0.1) is 47.3 Å².